The van der Waals surface area contributed by atoms with Crippen LogP contribution in [0.4, 0.5) is 0 Å². The van der Waals surface area contributed by atoms with E-state index in [0.29, 0.717) is 0 Å². The van der Waals surface area contributed by atoms with Gasteiger partial charge in [0.1, 0.15) is 21.3 Å². The second kappa shape index (κ2) is 4.79. The van der Waals surface area contributed by atoms with E-state index in [0.717, 1.165) is 13.1 Å². The van der Waals surface area contributed by atoms with Crippen LogP contribution >= 0.6 is 21.3 Å². The van der Waals surface area contributed by atoms with Crippen molar-refractivity contribution in [3.63, 3.8) is 0 Å². The van der Waals surface area contributed by atoms with E-state index in [1.807, 2.05) is 13.2 Å². The van der Waals surface area contributed by atoms with Crippen LogP contribution in [0.1, 0.15) is 6.42 Å². The van der Waals surface area contributed by atoms with E-state index in [1.165, 1.54) is 6.42 Å². The predicted molar refractivity (Wildman–Crippen MR) is 50.8 cm³/mol. The first-order chi connectivity index (χ1) is 4.93. The maximum atomic E-state index is 4.18. The highest BCUT2D eigenvalue weighted by Gasteiger charge is 1.97. The van der Waals surface area contributed by atoms with Crippen molar-refractivity contribution in [3.8, 4) is 0 Å². The van der Waals surface area contributed by atoms with E-state index >= 15 is 0 Å². The maximum absolute atomic E-state index is 4.18. The zero-order valence-corrected chi connectivity index (χ0v) is 8.21. The molecule has 0 saturated carbocycles. The molecule has 0 unspecified atom stereocenters. The maximum Gasteiger partial charge on any atom is 0.120 e. The van der Waals surface area contributed by atoms with E-state index in [4.69, 9.17) is 0 Å². The SMILES string of the molecule is CNCCCN1C=CN=I1. The highest BCUT2D eigenvalue weighted by atomic mass is 127. The first-order valence-corrected chi connectivity index (χ1v) is 5.29. The summed E-state index contributed by atoms with van der Waals surface area (Å²) in [5, 5.41) is 3.12. The third kappa shape index (κ3) is 2.74. The molecule has 1 heterocycles. The summed E-state index contributed by atoms with van der Waals surface area (Å²) in [6.45, 7) is 2.27. The fraction of sp³-hybridized carbons (Fsp3) is 0.667. The van der Waals surface area contributed by atoms with Crippen LogP contribution in [-0.2, 0) is 0 Å². The Hall–Kier alpha value is 0.0300. The largest absolute Gasteiger partial charge is 0.320 e. The molecule has 10 heavy (non-hydrogen) atoms. The van der Waals surface area contributed by atoms with Gasteiger partial charge in [0.25, 0.3) is 0 Å². The van der Waals surface area contributed by atoms with E-state index in [-0.39, 0.29) is 21.3 Å². The molecule has 0 aliphatic carbocycles. The Morgan fingerprint density at radius 1 is 1.70 bits per heavy atom. The third-order valence-corrected chi connectivity index (χ3v) is 3.15. The summed E-state index contributed by atoms with van der Waals surface area (Å²) >= 11 is -0.0221. The van der Waals surface area contributed by atoms with Crippen LogP contribution in [0.5, 0.6) is 0 Å². The third-order valence-electron chi connectivity index (χ3n) is 1.22. The standard InChI is InChI=1S/C6H12IN3/c1-8-3-2-5-10-6-4-9-7-10/h4,6,8H,2-3,5H2,1H3. The lowest BCUT2D eigenvalue weighted by molar-refractivity contribution is 0.600. The molecule has 0 aromatic carbocycles. The van der Waals surface area contributed by atoms with E-state index in [9.17, 15) is 0 Å². The average Bonchev–Trinajstić information content (AvgIpc) is 2.41. The van der Waals surface area contributed by atoms with E-state index < -0.39 is 0 Å². The minimum atomic E-state index is -0.0221. The quantitative estimate of drug-likeness (QED) is 0.466. The van der Waals surface area contributed by atoms with Crippen molar-refractivity contribution in [3.05, 3.63) is 12.4 Å². The van der Waals surface area contributed by atoms with Crippen LogP contribution in [0.2, 0.25) is 0 Å². The summed E-state index contributed by atoms with van der Waals surface area (Å²) in [6.07, 6.45) is 5.21. The Morgan fingerprint density at radius 2 is 2.60 bits per heavy atom. The summed E-state index contributed by atoms with van der Waals surface area (Å²) in [6, 6.07) is 0. The number of nitrogens with zero attached hydrogens (tertiary/aromatic N) is 2. The lowest BCUT2D eigenvalue weighted by Crippen LogP contribution is -2.13. The summed E-state index contributed by atoms with van der Waals surface area (Å²) in [5.74, 6) is 0. The Balaban J connectivity index is 2.03. The predicted octanol–water partition coefficient (Wildman–Crippen LogP) is 1.45. The zero-order valence-electron chi connectivity index (χ0n) is 6.05. The van der Waals surface area contributed by atoms with Gasteiger partial charge in [-0.05, 0) is 20.0 Å². The number of nitrogens with one attached hydrogen (secondary N) is 1. The van der Waals surface area contributed by atoms with Gasteiger partial charge in [0.15, 0.2) is 0 Å². The van der Waals surface area contributed by atoms with Gasteiger partial charge in [-0.15, -0.1) is 0 Å². The lowest BCUT2D eigenvalue weighted by Gasteiger charge is -2.08. The highest BCUT2D eigenvalue weighted by Crippen LogP contribution is 2.17. The molecular formula is C6H12IN3. The van der Waals surface area contributed by atoms with Crippen molar-refractivity contribution in [2.75, 3.05) is 20.1 Å². The van der Waals surface area contributed by atoms with Crippen LogP contribution in [-0.4, -0.2) is 23.3 Å². The number of halogens is 1. The molecule has 4 heteroatoms. The van der Waals surface area contributed by atoms with E-state index in [2.05, 4.69) is 17.8 Å². The van der Waals surface area contributed by atoms with Crippen molar-refractivity contribution in [1.82, 2.24) is 8.43 Å². The minimum Gasteiger partial charge on any atom is -0.320 e. The fourth-order valence-electron chi connectivity index (χ4n) is 0.723. The van der Waals surface area contributed by atoms with Crippen molar-refractivity contribution < 1.29 is 0 Å². The van der Waals surface area contributed by atoms with Gasteiger partial charge in [-0.25, -0.2) is 3.15 Å². The van der Waals surface area contributed by atoms with Gasteiger partial charge in [0.2, 0.25) is 0 Å². The molecule has 1 aliphatic heterocycles. The molecule has 0 saturated heterocycles. The Morgan fingerprint density at radius 3 is 3.20 bits per heavy atom. The average molecular weight is 253 g/mol. The summed E-state index contributed by atoms with van der Waals surface area (Å²) in [5.41, 5.74) is 0. The molecule has 58 valence electrons. The number of hydrogen-bond acceptors (Lipinski definition) is 3. The van der Waals surface area contributed by atoms with Crippen LogP contribution in [0.3, 0.4) is 0 Å². The second-order valence-electron chi connectivity index (χ2n) is 2.05. The monoisotopic (exact) mass is 253 g/mol. The zero-order chi connectivity index (χ0) is 7.23. The first kappa shape index (κ1) is 8.13. The van der Waals surface area contributed by atoms with Gasteiger partial charge in [-0.2, -0.15) is 0 Å². The Labute approximate surface area is 72.0 Å². The van der Waals surface area contributed by atoms with Gasteiger partial charge in [0.05, 0.1) is 6.20 Å². The Bertz CT molecular complexity index is 132. The van der Waals surface area contributed by atoms with Gasteiger partial charge in [-0.3, -0.25) is 0 Å². The second-order valence-corrected chi connectivity index (χ2v) is 4.28. The lowest BCUT2D eigenvalue weighted by atomic mass is 10.4. The van der Waals surface area contributed by atoms with Crippen molar-refractivity contribution >= 4 is 21.3 Å². The molecule has 0 fully saturated rings. The molecule has 3 nitrogen and oxygen atoms in total. The molecule has 0 radical (unpaired) electrons. The molecule has 1 aliphatic rings. The smallest absolute Gasteiger partial charge is 0.120 e. The van der Waals surface area contributed by atoms with Crippen LogP contribution in [0.25, 0.3) is 0 Å². The molecule has 0 amide bonds. The minimum absolute atomic E-state index is 0.0221. The molecule has 0 spiro atoms. The highest BCUT2D eigenvalue weighted by molar-refractivity contribution is 14.1. The van der Waals surface area contributed by atoms with Gasteiger partial charge < -0.3 is 8.43 Å². The van der Waals surface area contributed by atoms with Crippen LogP contribution in [0, 0.1) is 0 Å². The number of rotatable bonds is 4. The molecule has 1 N–H and O–H groups in total. The van der Waals surface area contributed by atoms with Crippen molar-refractivity contribution in [1.29, 1.82) is 0 Å². The van der Waals surface area contributed by atoms with Gasteiger partial charge in [-0.1, -0.05) is 0 Å². The van der Waals surface area contributed by atoms with Crippen LogP contribution in [0.15, 0.2) is 15.5 Å². The molecule has 0 atom stereocenters. The van der Waals surface area contributed by atoms with E-state index in [1.54, 1.807) is 0 Å². The van der Waals surface area contributed by atoms with Crippen molar-refractivity contribution in [2.45, 2.75) is 6.42 Å². The number of hydrogen-bond donors (Lipinski definition) is 1. The summed E-state index contributed by atoms with van der Waals surface area (Å²) in [4.78, 5) is 0. The first-order valence-electron chi connectivity index (χ1n) is 3.36. The summed E-state index contributed by atoms with van der Waals surface area (Å²) < 4.78 is 6.49. The summed E-state index contributed by atoms with van der Waals surface area (Å²) in [7, 11) is 1.99. The van der Waals surface area contributed by atoms with Gasteiger partial charge in [0, 0.05) is 12.7 Å². The van der Waals surface area contributed by atoms with Crippen LogP contribution < -0.4 is 5.32 Å². The van der Waals surface area contributed by atoms with Gasteiger partial charge >= 0.3 is 0 Å². The molecule has 0 bridgehead atoms. The normalized spacial score (nSPS) is 15.9. The van der Waals surface area contributed by atoms with Crippen molar-refractivity contribution in [2.24, 2.45) is 3.15 Å². The topological polar surface area (TPSA) is 27.6 Å². The molecule has 0 aromatic rings. The molecule has 0 aromatic heterocycles. The Kier molecular flexibility index (Phi) is 3.89. The molecular weight excluding hydrogens is 241 g/mol. The fourth-order valence-corrected chi connectivity index (χ4v) is 2.18. The molecule has 1 rings (SSSR count).